The molecule has 0 aliphatic carbocycles. The summed E-state index contributed by atoms with van der Waals surface area (Å²) in [4.78, 5) is 24.4. The van der Waals surface area contributed by atoms with E-state index in [1.807, 2.05) is 0 Å². The predicted molar refractivity (Wildman–Crippen MR) is 105 cm³/mol. The molecule has 1 unspecified atom stereocenters. The highest BCUT2D eigenvalue weighted by molar-refractivity contribution is 7.14. The minimum atomic E-state index is -0.591. The van der Waals surface area contributed by atoms with E-state index < -0.39 is 18.0 Å². The molecule has 2 aromatic rings. The molecule has 11 heteroatoms. The summed E-state index contributed by atoms with van der Waals surface area (Å²) in [6.07, 6.45) is -0.0105. The molecule has 154 valence electrons. The maximum absolute atomic E-state index is 14.7. The summed E-state index contributed by atoms with van der Waals surface area (Å²) in [5, 5.41) is 23.6. The Labute approximate surface area is 170 Å². The zero-order chi connectivity index (χ0) is 21.0. The molecular weight excluding hydrogens is 401 g/mol. The molecule has 1 atom stereocenters. The number of nitrogens with zero attached hydrogens (tertiary/aromatic N) is 4. The standard InChI is InChI=1S/C18H20FN5O4S/c1-10(23-27)3-6-16-21-22-17(29-16)14-5-4-12(7-15(14)19)24-9-13(28-18(24)26)8-20-11(2)25/h4-5,7,13,27H,3,6,8-9H2,1-2H3,(H,20,25). The van der Waals surface area contributed by atoms with Crippen LogP contribution in [0.5, 0.6) is 0 Å². The molecule has 1 saturated heterocycles. The molecule has 1 aromatic carbocycles. The Morgan fingerprint density at radius 3 is 2.93 bits per heavy atom. The van der Waals surface area contributed by atoms with Crippen molar-refractivity contribution < 1.29 is 23.9 Å². The van der Waals surface area contributed by atoms with Crippen LogP contribution < -0.4 is 10.2 Å². The average molecular weight is 421 g/mol. The van der Waals surface area contributed by atoms with E-state index in [0.29, 0.717) is 34.3 Å². The number of ether oxygens (including phenoxy) is 1. The van der Waals surface area contributed by atoms with Gasteiger partial charge in [-0.2, -0.15) is 0 Å². The summed E-state index contributed by atoms with van der Waals surface area (Å²) in [6.45, 7) is 3.49. The minimum absolute atomic E-state index is 0.201. The first-order valence-electron chi connectivity index (χ1n) is 8.89. The van der Waals surface area contributed by atoms with Crippen molar-refractivity contribution in [3.05, 3.63) is 29.0 Å². The third-order valence-electron chi connectivity index (χ3n) is 4.29. The zero-order valence-corrected chi connectivity index (χ0v) is 16.7. The van der Waals surface area contributed by atoms with Gasteiger partial charge in [0.05, 0.1) is 24.5 Å². The molecule has 0 spiro atoms. The normalized spacial score (nSPS) is 16.8. The monoisotopic (exact) mass is 421 g/mol. The van der Waals surface area contributed by atoms with Crippen molar-refractivity contribution in [2.75, 3.05) is 18.0 Å². The van der Waals surface area contributed by atoms with Crippen LogP contribution in [-0.2, 0) is 16.0 Å². The lowest BCUT2D eigenvalue weighted by Crippen LogP contribution is -2.33. The molecule has 0 saturated carbocycles. The summed E-state index contributed by atoms with van der Waals surface area (Å²) >= 11 is 1.26. The summed E-state index contributed by atoms with van der Waals surface area (Å²) in [6, 6.07) is 4.41. The van der Waals surface area contributed by atoms with Gasteiger partial charge in [-0.15, -0.1) is 10.2 Å². The highest BCUT2D eigenvalue weighted by Crippen LogP contribution is 2.31. The number of carbonyl (C=O) groups is 2. The van der Waals surface area contributed by atoms with E-state index in [9.17, 15) is 14.0 Å². The Kier molecular flexibility index (Phi) is 6.37. The van der Waals surface area contributed by atoms with Crippen molar-refractivity contribution in [3.63, 3.8) is 0 Å². The maximum atomic E-state index is 14.7. The topological polar surface area (TPSA) is 117 Å². The number of anilines is 1. The van der Waals surface area contributed by atoms with E-state index in [2.05, 4.69) is 20.7 Å². The second-order valence-corrected chi connectivity index (χ2v) is 7.62. The van der Waals surface area contributed by atoms with E-state index in [0.717, 1.165) is 0 Å². The van der Waals surface area contributed by atoms with Crippen LogP contribution in [0.2, 0.25) is 0 Å². The first kappa shape index (κ1) is 20.6. The summed E-state index contributed by atoms with van der Waals surface area (Å²) in [7, 11) is 0. The Morgan fingerprint density at radius 2 is 2.24 bits per heavy atom. The molecule has 1 aliphatic heterocycles. The number of carbonyl (C=O) groups excluding carboxylic acids is 2. The van der Waals surface area contributed by atoms with Gasteiger partial charge in [0.15, 0.2) is 5.01 Å². The van der Waals surface area contributed by atoms with Gasteiger partial charge in [0.25, 0.3) is 0 Å². The number of halogens is 1. The van der Waals surface area contributed by atoms with Crippen LogP contribution in [0.1, 0.15) is 25.3 Å². The third-order valence-corrected chi connectivity index (χ3v) is 5.30. The molecule has 0 radical (unpaired) electrons. The second-order valence-electron chi connectivity index (χ2n) is 6.55. The molecule has 29 heavy (non-hydrogen) atoms. The lowest BCUT2D eigenvalue weighted by molar-refractivity contribution is -0.119. The van der Waals surface area contributed by atoms with Crippen molar-refractivity contribution in [2.24, 2.45) is 5.16 Å². The van der Waals surface area contributed by atoms with Gasteiger partial charge in [-0.25, -0.2) is 9.18 Å². The molecular formula is C18H20FN5O4S. The number of benzene rings is 1. The van der Waals surface area contributed by atoms with E-state index in [1.54, 1.807) is 19.1 Å². The number of aromatic nitrogens is 2. The number of aryl methyl sites for hydroxylation is 1. The molecule has 1 fully saturated rings. The van der Waals surface area contributed by atoms with Crippen LogP contribution in [0.15, 0.2) is 23.4 Å². The molecule has 3 rings (SSSR count). The number of amides is 2. The molecule has 1 aromatic heterocycles. The van der Waals surface area contributed by atoms with Crippen LogP contribution in [0.25, 0.3) is 10.6 Å². The number of cyclic esters (lactones) is 1. The van der Waals surface area contributed by atoms with Gasteiger partial charge in [0.1, 0.15) is 16.9 Å². The third kappa shape index (κ3) is 5.05. The van der Waals surface area contributed by atoms with Crippen molar-refractivity contribution in [1.82, 2.24) is 15.5 Å². The van der Waals surface area contributed by atoms with Crippen LogP contribution >= 0.6 is 11.3 Å². The fraction of sp³-hybridized carbons (Fsp3) is 0.389. The van der Waals surface area contributed by atoms with Gasteiger partial charge in [0.2, 0.25) is 5.91 Å². The highest BCUT2D eigenvalue weighted by Gasteiger charge is 2.32. The van der Waals surface area contributed by atoms with Crippen LogP contribution in [-0.4, -0.2) is 52.3 Å². The van der Waals surface area contributed by atoms with Gasteiger partial charge >= 0.3 is 6.09 Å². The van der Waals surface area contributed by atoms with Crippen molar-refractivity contribution in [2.45, 2.75) is 32.8 Å². The lowest BCUT2D eigenvalue weighted by atomic mass is 10.2. The van der Waals surface area contributed by atoms with E-state index in [1.165, 1.54) is 29.2 Å². The van der Waals surface area contributed by atoms with E-state index in [-0.39, 0.29) is 24.6 Å². The summed E-state index contributed by atoms with van der Waals surface area (Å²) in [5.74, 6) is -0.749. The number of hydrogen-bond donors (Lipinski definition) is 2. The SMILES string of the molecule is CC(=O)NCC1CN(c2ccc(-c3nnc(CCC(C)=NO)s3)c(F)c2)C(=O)O1. The highest BCUT2D eigenvalue weighted by atomic mass is 32.1. The van der Waals surface area contributed by atoms with Gasteiger partial charge < -0.3 is 15.3 Å². The molecule has 2 N–H and O–H groups in total. The van der Waals surface area contributed by atoms with Crippen LogP contribution in [0.3, 0.4) is 0 Å². The number of hydrogen-bond acceptors (Lipinski definition) is 8. The molecule has 9 nitrogen and oxygen atoms in total. The largest absolute Gasteiger partial charge is 0.442 e. The van der Waals surface area contributed by atoms with Gasteiger partial charge in [0, 0.05) is 18.9 Å². The van der Waals surface area contributed by atoms with Crippen molar-refractivity contribution in [1.29, 1.82) is 0 Å². The fourth-order valence-electron chi connectivity index (χ4n) is 2.74. The van der Waals surface area contributed by atoms with E-state index in [4.69, 9.17) is 9.94 Å². The fourth-order valence-corrected chi connectivity index (χ4v) is 3.61. The molecule has 2 amide bonds. The Morgan fingerprint density at radius 1 is 1.45 bits per heavy atom. The Balaban J connectivity index is 1.70. The van der Waals surface area contributed by atoms with Crippen molar-refractivity contribution in [3.8, 4) is 10.6 Å². The predicted octanol–water partition coefficient (Wildman–Crippen LogP) is 2.59. The number of oxime groups is 1. The second kappa shape index (κ2) is 8.95. The zero-order valence-electron chi connectivity index (χ0n) is 15.9. The minimum Gasteiger partial charge on any atom is -0.442 e. The first-order valence-corrected chi connectivity index (χ1v) is 9.71. The molecule has 0 bridgehead atoms. The summed E-state index contributed by atoms with van der Waals surface area (Å²) < 4.78 is 19.9. The Hall–Kier alpha value is -3.08. The smallest absolute Gasteiger partial charge is 0.414 e. The summed E-state index contributed by atoms with van der Waals surface area (Å²) in [5.41, 5.74) is 1.22. The number of nitrogens with one attached hydrogen (secondary N) is 1. The first-order chi connectivity index (χ1) is 13.9. The van der Waals surface area contributed by atoms with Crippen LogP contribution in [0.4, 0.5) is 14.9 Å². The van der Waals surface area contributed by atoms with Gasteiger partial charge in [-0.1, -0.05) is 16.5 Å². The maximum Gasteiger partial charge on any atom is 0.414 e. The number of rotatable bonds is 7. The van der Waals surface area contributed by atoms with Crippen LogP contribution in [0, 0.1) is 5.82 Å². The van der Waals surface area contributed by atoms with Gasteiger partial charge in [-0.05, 0) is 31.5 Å². The molecule has 1 aliphatic rings. The lowest BCUT2D eigenvalue weighted by Gasteiger charge is -2.14. The Bertz CT molecular complexity index is 948. The van der Waals surface area contributed by atoms with Gasteiger partial charge in [-0.3, -0.25) is 9.69 Å². The van der Waals surface area contributed by atoms with E-state index >= 15 is 0 Å². The molecule has 2 heterocycles. The average Bonchev–Trinajstić information content (AvgIpc) is 3.30. The quantitative estimate of drug-likeness (QED) is 0.403. The van der Waals surface area contributed by atoms with Crippen molar-refractivity contribution >= 4 is 34.7 Å².